The number of aromatic nitrogens is 4. The highest BCUT2D eigenvalue weighted by atomic mass is 16.3. The van der Waals surface area contributed by atoms with E-state index in [4.69, 9.17) is 4.42 Å². The van der Waals surface area contributed by atoms with Crippen molar-refractivity contribution in [1.82, 2.24) is 20.3 Å². The lowest BCUT2D eigenvalue weighted by Crippen LogP contribution is -1.91. The molecule has 0 radical (unpaired) electrons. The molecule has 2 aromatic heterocycles. The summed E-state index contributed by atoms with van der Waals surface area (Å²) in [6, 6.07) is 13.9. The predicted octanol–water partition coefficient (Wildman–Crippen LogP) is 2.45. The van der Waals surface area contributed by atoms with Crippen LogP contribution in [-0.4, -0.2) is 26.5 Å². The number of tetrazole rings is 1. The Balaban J connectivity index is 1.83. The van der Waals surface area contributed by atoms with Gasteiger partial charge in [0.25, 0.3) is 0 Å². The Bertz CT molecular complexity index is 908. The quantitative estimate of drug-likeness (QED) is 0.521. The third-order valence-corrected chi connectivity index (χ3v) is 3.06. The Morgan fingerprint density at radius 2 is 1.95 bits per heavy atom. The lowest BCUT2D eigenvalue weighted by Gasteiger charge is -1.93. The second-order valence-electron chi connectivity index (χ2n) is 4.33. The summed E-state index contributed by atoms with van der Waals surface area (Å²) in [5, 5.41) is 17.0. The number of nitrogens with zero attached hydrogens (tertiary/aromatic N) is 5. The molecule has 0 saturated carbocycles. The Hall–Kier alpha value is -3.02. The summed E-state index contributed by atoms with van der Waals surface area (Å²) in [5.74, 6) is 0. The summed E-state index contributed by atoms with van der Waals surface area (Å²) >= 11 is 0. The second kappa shape index (κ2) is 4.27. The maximum absolute atomic E-state index is 5.78. The van der Waals surface area contributed by atoms with Gasteiger partial charge in [0.2, 0.25) is 0 Å². The van der Waals surface area contributed by atoms with E-state index >= 15 is 0 Å². The molecule has 4 rings (SSSR count). The smallest absolute Gasteiger partial charge is 0.164 e. The molecule has 0 atom stereocenters. The predicted molar refractivity (Wildman–Crippen MR) is 74.5 cm³/mol. The van der Waals surface area contributed by atoms with E-state index in [2.05, 4.69) is 20.6 Å². The van der Waals surface area contributed by atoms with Crippen molar-refractivity contribution >= 4 is 28.2 Å². The summed E-state index contributed by atoms with van der Waals surface area (Å²) in [5.41, 5.74) is 2.71. The molecule has 2 heterocycles. The summed E-state index contributed by atoms with van der Waals surface area (Å²) in [6.45, 7) is 0. The molecule has 0 bridgehead atoms. The number of fused-ring (bicyclic) bond motifs is 3. The molecule has 20 heavy (non-hydrogen) atoms. The first-order chi connectivity index (χ1) is 9.90. The van der Waals surface area contributed by atoms with Gasteiger partial charge in [-0.2, -0.15) is 5.10 Å². The van der Waals surface area contributed by atoms with E-state index < -0.39 is 0 Å². The number of para-hydroxylation sites is 1. The Labute approximate surface area is 113 Å². The average molecular weight is 263 g/mol. The fourth-order valence-electron chi connectivity index (χ4n) is 2.16. The average Bonchev–Trinajstić information content (AvgIpc) is 3.12. The molecule has 0 unspecified atom stereocenters. The van der Waals surface area contributed by atoms with E-state index in [-0.39, 0.29) is 0 Å². The van der Waals surface area contributed by atoms with Gasteiger partial charge in [0, 0.05) is 10.8 Å². The van der Waals surface area contributed by atoms with Crippen molar-refractivity contribution in [3.05, 3.63) is 54.4 Å². The van der Waals surface area contributed by atoms with Gasteiger partial charge in [0.15, 0.2) is 6.33 Å². The first-order valence-corrected chi connectivity index (χ1v) is 6.09. The Morgan fingerprint density at radius 3 is 2.85 bits per heavy atom. The molecule has 0 saturated heterocycles. The molecular weight excluding hydrogens is 254 g/mol. The summed E-state index contributed by atoms with van der Waals surface area (Å²) in [7, 11) is 0. The molecule has 6 heteroatoms. The fraction of sp³-hybridized carbons (Fsp3) is 0. The molecule has 0 N–H and O–H groups in total. The van der Waals surface area contributed by atoms with Crippen LogP contribution in [0.3, 0.4) is 0 Å². The van der Waals surface area contributed by atoms with Crippen LogP contribution in [-0.2, 0) is 0 Å². The van der Waals surface area contributed by atoms with Crippen molar-refractivity contribution in [3.63, 3.8) is 0 Å². The third-order valence-electron chi connectivity index (χ3n) is 3.06. The number of benzene rings is 2. The van der Waals surface area contributed by atoms with Crippen LogP contribution < -0.4 is 0 Å². The highest BCUT2D eigenvalue weighted by Gasteiger charge is 2.05. The van der Waals surface area contributed by atoms with E-state index in [1.54, 1.807) is 6.21 Å². The van der Waals surface area contributed by atoms with Crippen LogP contribution in [0, 0.1) is 0 Å². The largest absolute Gasteiger partial charge is 0.456 e. The third kappa shape index (κ3) is 1.74. The van der Waals surface area contributed by atoms with Crippen molar-refractivity contribution in [2.45, 2.75) is 0 Å². The normalized spacial score (nSPS) is 11.8. The van der Waals surface area contributed by atoms with Crippen molar-refractivity contribution in [1.29, 1.82) is 0 Å². The number of hydrogen-bond acceptors (Lipinski definition) is 5. The maximum atomic E-state index is 5.78. The van der Waals surface area contributed by atoms with Crippen LogP contribution in [0.25, 0.3) is 21.9 Å². The van der Waals surface area contributed by atoms with Gasteiger partial charge in [0.05, 0.1) is 6.21 Å². The molecule has 0 aliphatic carbocycles. The van der Waals surface area contributed by atoms with E-state index in [0.717, 1.165) is 27.5 Å². The highest BCUT2D eigenvalue weighted by molar-refractivity contribution is 6.06. The summed E-state index contributed by atoms with van der Waals surface area (Å²) in [4.78, 5) is 1.30. The number of furan rings is 1. The SMILES string of the molecule is C(=N/n1cnnn1)/c1ccc2oc3ccccc3c2c1. The van der Waals surface area contributed by atoms with Crippen molar-refractivity contribution in [2.24, 2.45) is 5.10 Å². The monoisotopic (exact) mass is 263 g/mol. The Kier molecular flexibility index (Phi) is 2.32. The minimum Gasteiger partial charge on any atom is -0.456 e. The van der Waals surface area contributed by atoms with E-state index in [0.29, 0.717) is 0 Å². The van der Waals surface area contributed by atoms with Gasteiger partial charge in [-0.25, -0.2) is 0 Å². The zero-order valence-electron chi connectivity index (χ0n) is 10.3. The molecule has 0 spiro atoms. The standard InChI is InChI=1S/C14H9N5O/c1-2-4-13-11(3-1)12-7-10(5-6-14(12)20-13)8-16-19-9-15-17-18-19/h1-9H/b16-8-. The maximum Gasteiger partial charge on any atom is 0.164 e. The molecule has 0 aliphatic heterocycles. The zero-order chi connectivity index (χ0) is 13.4. The molecule has 4 aromatic rings. The summed E-state index contributed by atoms with van der Waals surface area (Å²) in [6.07, 6.45) is 3.14. The Morgan fingerprint density at radius 1 is 1.05 bits per heavy atom. The molecule has 6 nitrogen and oxygen atoms in total. The van der Waals surface area contributed by atoms with Gasteiger partial charge < -0.3 is 4.42 Å². The minimum absolute atomic E-state index is 0.866. The van der Waals surface area contributed by atoms with Gasteiger partial charge in [-0.3, -0.25) is 0 Å². The molecule has 96 valence electrons. The minimum atomic E-state index is 0.866. The van der Waals surface area contributed by atoms with Gasteiger partial charge >= 0.3 is 0 Å². The first kappa shape index (κ1) is 10.9. The zero-order valence-corrected chi connectivity index (χ0v) is 10.3. The van der Waals surface area contributed by atoms with E-state index in [1.165, 1.54) is 11.1 Å². The van der Waals surface area contributed by atoms with Gasteiger partial charge in [0.1, 0.15) is 11.2 Å². The molecule has 0 aliphatic rings. The van der Waals surface area contributed by atoms with E-state index in [1.807, 2.05) is 42.5 Å². The van der Waals surface area contributed by atoms with Crippen LogP contribution in [0.4, 0.5) is 0 Å². The summed E-state index contributed by atoms with van der Waals surface area (Å²) < 4.78 is 5.78. The van der Waals surface area contributed by atoms with Gasteiger partial charge in [-0.1, -0.05) is 18.2 Å². The lowest BCUT2D eigenvalue weighted by atomic mass is 10.1. The van der Waals surface area contributed by atoms with Crippen LogP contribution in [0.1, 0.15) is 5.56 Å². The van der Waals surface area contributed by atoms with Crippen molar-refractivity contribution < 1.29 is 4.42 Å². The molecule has 0 amide bonds. The first-order valence-electron chi connectivity index (χ1n) is 6.09. The second-order valence-corrected chi connectivity index (χ2v) is 4.33. The van der Waals surface area contributed by atoms with Gasteiger partial charge in [-0.05, 0) is 40.3 Å². The lowest BCUT2D eigenvalue weighted by molar-refractivity contribution is 0.669. The van der Waals surface area contributed by atoms with Gasteiger partial charge in [-0.15, -0.1) is 9.89 Å². The number of hydrogen-bond donors (Lipinski definition) is 0. The molecule has 0 fully saturated rings. The van der Waals surface area contributed by atoms with Crippen molar-refractivity contribution in [3.8, 4) is 0 Å². The van der Waals surface area contributed by atoms with Crippen LogP contribution in [0.5, 0.6) is 0 Å². The fourth-order valence-corrected chi connectivity index (χ4v) is 2.16. The van der Waals surface area contributed by atoms with Crippen LogP contribution in [0.15, 0.2) is 58.3 Å². The molecule has 2 aromatic carbocycles. The topological polar surface area (TPSA) is 69.1 Å². The number of rotatable bonds is 2. The van der Waals surface area contributed by atoms with Crippen LogP contribution in [0.2, 0.25) is 0 Å². The van der Waals surface area contributed by atoms with Crippen LogP contribution >= 0.6 is 0 Å². The van der Waals surface area contributed by atoms with Crippen molar-refractivity contribution in [2.75, 3.05) is 0 Å². The van der Waals surface area contributed by atoms with E-state index in [9.17, 15) is 0 Å². The highest BCUT2D eigenvalue weighted by Crippen LogP contribution is 2.28. The molecular formula is C14H9N5O.